The van der Waals surface area contributed by atoms with Crippen molar-refractivity contribution in [2.75, 3.05) is 12.0 Å². The zero-order chi connectivity index (χ0) is 8.41. The summed E-state index contributed by atoms with van der Waals surface area (Å²) >= 11 is 0.965. The van der Waals surface area contributed by atoms with Gasteiger partial charge in [0.2, 0.25) is 0 Å². The van der Waals surface area contributed by atoms with E-state index in [1.807, 2.05) is 0 Å². The maximum atomic E-state index is 11.8. The minimum Gasteiger partial charge on any atom is -0.380 e. The molecule has 1 nitrogen and oxygen atoms in total. The maximum Gasteiger partial charge on any atom is 0.417 e. The van der Waals surface area contributed by atoms with Gasteiger partial charge in [-0.3, -0.25) is 0 Å². The van der Waals surface area contributed by atoms with Crippen molar-refractivity contribution in [1.29, 1.82) is 0 Å². The third-order valence-corrected chi connectivity index (χ3v) is 1.89. The molecule has 0 saturated heterocycles. The Balaban J connectivity index is 4.10. The molecule has 0 spiro atoms. The van der Waals surface area contributed by atoms with Gasteiger partial charge in [-0.2, -0.15) is 24.9 Å². The van der Waals surface area contributed by atoms with Crippen molar-refractivity contribution in [3.8, 4) is 0 Å². The number of hydrogen-bond donors (Lipinski definition) is 1. The Labute approximate surface area is 61.6 Å². The van der Waals surface area contributed by atoms with Crippen LogP contribution in [0.5, 0.6) is 0 Å². The molecule has 5 heteroatoms. The highest BCUT2D eigenvalue weighted by atomic mass is 32.2. The van der Waals surface area contributed by atoms with Crippen LogP contribution in [0.4, 0.5) is 13.2 Å². The van der Waals surface area contributed by atoms with Gasteiger partial charge in [0.05, 0.1) is 0 Å². The molecule has 0 bridgehead atoms. The molecular weight excluding hydrogens is 165 g/mol. The number of halogens is 3. The van der Waals surface area contributed by atoms with Crippen molar-refractivity contribution >= 4 is 11.8 Å². The summed E-state index contributed by atoms with van der Waals surface area (Å²) in [6.45, 7) is 0.767. The average Bonchev–Trinajstić information content (AvgIpc) is 1.61. The molecule has 1 unspecified atom stereocenters. The van der Waals surface area contributed by atoms with E-state index in [0.29, 0.717) is 0 Å². The molecule has 0 aromatic heterocycles. The lowest BCUT2D eigenvalue weighted by Crippen LogP contribution is -2.44. The highest BCUT2D eigenvalue weighted by Crippen LogP contribution is 2.31. The second kappa shape index (κ2) is 3.00. The maximum absolute atomic E-state index is 11.8. The molecule has 0 heterocycles. The SMILES string of the molecule is CSCC(C)(O)C(F)(F)F. The van der Waals surface area contributed by atoms with Gasteiger partial charge < -0.3 is 5.11 Å². The molecule has 0 saturated carbocycles. The average molecular weight is 174 g/mol. The third kappa shape index (κ3) is 2.38. The van der Waals surface area contributed by atoms with Crippen LogP contribution in [-0.4, -0.2) is 28.9 Å². The van der Waals surface area contributed by atoms with E-state index in [9.17, 15) is 13.2 Å². The Morgan fingerprint density at radius 3 is 1.90 bits per heavy atom. The first-order chi connectivity index (χ1) is 4.31. The molecule has 0 aromatic carbocycles. The zero-order valence-electron chi connectivity index (χ0n) is 5.70. The fourth-order valence-electron chi connectivity index (χ4n) is 0.363. The van der Waals surface area contributed by atoms with E-state index in [0.717, 1.165) is 18.7 Å². The number of rotatable bonds is 2. The molecule has 0 aliphatic carbocycles. The summed E-state index contributed by atoms with van der Waals surface area (Å²) in [6.07, 6.45) is -3.00. The largest absolute Gasteiger partial charge is 0.417 e. The smallest absolute Gasteiger partial charge is 0.380 e. The molecule has 0 aromatic rings. The number of hydrogen-bond acceptors (Lipinski definition) is 2. The molecule has 0 rings (SSSR count). The van der Waals surface area contributed by atoms with E-state index >= 15 is 0 Å². The monoisotopic (exact) mass is 174 g/mol. The summed E-state index contributed by atoms with van der Waals surface area (Å²) < 4.78 is 35.3. The summed E-state index contributed by atoms with van der Waals surface area (Å²) in [5.74, 6) is -0.323. The van der Waals surface area contributed by atoms with Gasteiger partial charge in [-0.25, -0.2) is 0 Å². The van der Waals surface area contributed by atoms with Crippen LogP contribution in [0.3, 0.4) is 0 Å². The lowest BCUT2D eigenvalue weighted by molar-refractivity contribution is -0.242. The van der Waals surface area contributed by atoms with Crippen molar-refractivity contribution in [3.63, 3.8) is 0 Å². The van der Waals surface area contributed by atoms with Crippen LogP contribution in [0.25, 0.3) is 0 Å². The molecule has 0 fully saturated rings. The molecule has 10 heavy (non-hydrogen) atoms. The lowest BCUT2D eigenvalue weighted by Gasteiger charge is -2.24. The predicted molar refractivity (Wildman–Crippen MR) is 35.1 cm³/mol. The Hall–Kier alpha value is 0.100. The third-order valence-electron chi connectivity index (χ3n) is 1.04. The minimum atomic E-state index is -4.52. The quantitative estimate of drug-likeness (QED) is 0.687. The first kappa shape index (κ1) is 10.1. The standard InChI is InChI=1S/C5H9F3OS/c1-4(9,3-10-2)5(6,7)8/h9H,3H2,1-2H3. The fourth-order valence-corrected chi connectivity index (χ4v) is 1.09. The Kier molecular flexibility index (Phi) is 3.03. The summed E-state index contributed by atoms with van der Waals surface area (Å²) in [6, 6.07) is 0. The van der Waals surface area contributed by atoms with Crippen LogP contribution < -0.4 is 0 Å². The lowest BCUT2D eigenvalue weighted by atomic mass is 10.1. The van der Waals surface area contributed by atoms with Crippen molar-refractivity contribution in [2.45, 2.75) is 18.7 Å². The van der Waals surface area contributed by atoms with E-state index in [1.165, 1.54) is 6.26 Å². The van der Waals surface area contributed by atoms with Crippen LogP contribution in [-0.2, 0) is 0 Å². The van der Waals surface area contributed by atoms with Crippen LogP contribution in [0.15, 0.2) is 0 Å². The van der Waals surface area contributed by atoms with Gasteiger partial charge in [0.15, 0.2) is 5.60 Å². The summed E-state index contributed by atoms with van der Waals surface area (Å²) in [5, 5.41) is 8.71. The molecule has 0 radical (unpaired) electrons. The Bertz CT molecular complexity index is 110. The van der Waals surface area contributed by atoms with Crippen molar-refractivity contribution < 1.29 is 18.3 Å². The Morgan fingerprint density at radius 1 is 1.40 bits per heavy atom. The number of thioether (sulfide) groups is 1. The van der Waals surface area contributed by atoms with E-state index in [2.05, 4.69) is 0 Å². The minimum absolute atomic E-state index is 0.323. The zero-order valence-corrected chi connectivity index (χ0v) is 6.51. The topological polar surface area (TPSA) is 20.2 Å². The number of alkyl halides is 3. The van der Waals surface area contributed by atoms with Crippen molar-refractivity contribution in [2.24, 2.45) is 0 Å². The van der Waals surface area contributed by atoms with E-state index in [4.69, 9.17) is 5.11 Å². The summed E-state index contributed by atoms with van der Waals surface area (Å²) in [7, 11) is 0. The highest BCUT2D eigenvalue weighted by molar-refractivity contribution is 7.98. The molecule has 1 atom stereocenters. The number of aliphatic hydroxyl groups is 1. The molecule has 0 aliphatic rings. The van der Waals surface area contributed by atoms with Gasteiger partial charge in [0.1, 0.15) is 0 Å². The molecule has 62 valence electrons. The normalized spacial score (nSPS) is 18.6. The first-order valence-electron chi connectivity index (χ1n) is 2.59. The first-order valence-corrected chi connectivity index (χ1v) is 3.98. The second-order valence-electron chi connectivity index (χ2n) is 2.20. The van der Waals surface area contributed by atoms with Crippen molar-refractivity contribution in [3.05, 3.63) is 0 Å². The van der Waals surface area contributed by atoms with Crippen LogP contribution in [0, 0.1) is 0 Å². The Morgan fingerprint density at radius 2 is 1.80 bits per heavy atom. The summed E-state index contributed by atoms with van der Waals surface area (Å²) in [5.41, 5.74) is -2.55. The van der Waals surface area contributed by atoms with Crippen LogP contribution >= 0.6 is 11.8 Å². The fraction of sp³-hybridized carbons (Fsp3) is 1.00. The van der Waals surface area contributed by atoms with Gasteiger partial charge in [-0.05, 0) is 13.2 Å². The van der Waals surface area contributed by atoms with Gasteiger partial charge in [0.25, 0.3) is 0 Å². The van der Waals surface area contributed by atoms with Gasteiger partial charge in [0, 0.05) is 5.75 Å². The molecule has 0 amide bonds. The van der Waals surface area contributed by atoms with Crippen molar-refractivity contribution in [1.82, 2.24) is 0 Å². The molecule has 1 N–H and O–H groups in total. The predicted octanol–water partition coefficient (Wildman–Crippen LogP) is 1.66. The van der Waals surface area contributed by atoms with E-state index < -0.39 is 11.8 Å². The molecule has 0 aliphatic heterocycles. The molecular formula is C5H9F3OS. The van der Waals surface area contributed by atoms with E-state index in [-0.39, 0.29) is 5.75 Å². The highest BCUT2D eigenvalue weighted by Gasteiger charge is 2.49. The van der Waals surface area contributed by atoms with Crippen LogP contribution in [0.1, 0.15) is 6.92 Å². The second-order valence-corrected chi connectivity index (χ2v) is 3.07. The van der Waals surface area contributed by atoms with Crippen LogP contribution in [0.2, 0.25) is 0 Å². The summed E-state index contributed by atoms with van der Waals surface area (Å²) in [4.78, 5) is 0. The van der Waals surface area contributed by atoms with Gasteiger partial charge in [-0.15, -0.1) is 0 Å². The van der Waals surface area contributed by atoms with E-state index in [1.54, 1.807) is 0 Å². The van der Waals surface area contributed by atoms with Gasteiger partial charge >= 0.3 is 6.18 Å². The van der Waals surface area contributed by atoms with Gasteiger partial charge in [-0.1, -0.05) is 0 Å².